The van der Waals surface area contributed by atoms with Crippen LogP contribution in [0.1, 0.15) is 21.1 Å². The minimum absolute atomic E-state index is 0.0274. The summed E-state index contributed by atoms with van der Waals surface area (Å²) < 4.78 is 38.4. The zero-order chi connectivity index (χ0) is 17.5. The van der Waals surface area contributed by atoms with E-state index in [0.717, 1.165) is 28.0 Å². The number of hydrogen-bond donors (Lipinski definition) is 1. The van der Waals surface area contributed by atoms with Crippen LogP contribution in [0.25, 0.3) is 22.0 Å². The molecule has 124 valence electrons. The molecule has 0 bridgehead atoms. The van der Waals surface area contributed by atoms with Crippen molar-refractivity contribution in [1.29, 1.82) is 0 Å². The summed E-state index contributed by atoms with van der Waals surface area (Å²) in [6.07, 6.45) is -2.90. The summed E-state index contributed by atoms with van der Waals surface area (Å²) in [5.41, 5.74) is -1.47. The van der Waals surface area contributed by atoms with Gasteiger partial charge in [-0.1, -0.05) is 11.6 Å². The topological polar surface area (TPSA) is 45.8 Å². The Morgan fingerprint density at radius 2 is 2.04 bits per heavy atom. The SMILES string of the molecule is Cc1ccc(C=C(Cl)c2nc3cc(C(F)(F)F)ccc3c(=O)[nH]2)s1. The van der Waals surface area contributed by atoms with Crippen molar-refractivity contribution in [2.45, 2.75) is 13.1 Å². The van der Waals surface area contributed by atoms with Crippen LogP contribution < -0.4 is 5.56 Å². The molecule has 8 heteroatoms. The van der Waals surface area contributed by atoms with Gasteiger partial charge in [0.15, 0.2) is 5.82 Å². The first kappa shape index (κ1) is 16.7. The summed E-state index contributed by atoms with van der Waals surface area (Å²) in [4.78, 5) is 20.6. The van der Waals surface area contributed by atoms with Gasteiger partial charge in [0.25, 0.3) is 5.56 Å². The number of aryl methyl sites for hydroxylation is 1. The molecule has 0 saturated heterocycles. The number of aromatic nitrogens is 2. The van der Waals surface area contributed by atoms with Gasteiger partial charge in [0.1, 0.15) is 0 Å². The number of aromatic amines is 1. The number of rotatable bonds is 2. The number of halogens is 4. The van der Waals surface area contributed by atoms with Crippen LogP contribution in [0.2, 0.25) is 0 Å². The maximum absolute atomic E-state index is 12.8. The summed E-state index contributed by atoms with van der Waals surface area (Å²) in [6.45, 7) is 1.94. The highest BCUT2D eigenvalue weighted by Gasteiger charge is 2.30. The first-order chi connectivity index (χ1) is 11.2. The van der Waals surface area contributed by atoms with E-state index in [1.807, 2.05) is 19.1 Å². The van der Waals surface area contributed by atoms with E-state index in [2.05, 4.69) is 9.97 Å². The van der Waals surface area contributed by atoms with Crippen molar-refractivity contribution in [3.8, 4) is 0 Å². The van der Waals surface area contributed by atoms with Crippen LogP contribution in [0.5, 0.6) is 0 Å². The van der Waals surface area contributed by atoms with Crippen LogP contribution >= 0.6 is 22.9 Å². The van der Waals surface area contributed by atoms with E-state index in [4.69, 9.17) is 11.6 Å². The molecular weight excluding hydrogens is 361 g/mol. The van der Waals surface area contributed by atoms with Crippen molar-refractivity contribution in [2.75, 3.05) is 0 Å². The van der Waals surface area contributed by atoms with Gasteiger partial charge in [0.05, 0.1) is 21.5 Å². The largest absolute Gasteiger partial charge is 0.416 e. The minimum atomic E-state index is -4.51. The summed E-state index contributed by atoms with van der Waals surface area (Å²) in [5, 5.41) is 0.219. The molecule has 0 unspecified atom stereocenters. The third-order valence-electron chi connectivity index (χ3n) is 3.29. The second-order valence-electron chi connectivity index (χ2n) is 5.08. The van der Waals surface area contributed by atoms with E-state index >= 15 is 0 Å². The predicted octanol–water partition coefficient (Wildman–Crippen LogP) is 5.05. The maximum atomic E-state index is 12.8. The first-order valence-corrected chi connectivity index (χ1v) is 7.99. The second-order valence-corrected chi connectivity index (χ2v) is 6.81. The molecule has 0 aliphatic rings. The van der Waals surface area contributed by atoms with Gasteiger partial charge in [-0.25, -0.2) is 4.98 Å². The third kappa shape index (κ3) is 3.37. The number of nitrogens with zero attached hydrogens (tertiary/aromatic N) is 1. The highest BCUT2D eigenvalue weighted by atomic mass is 35.5. The number of H-pyrrole nitrogens is 1. The molecule has 3 nitrogen and oxygen atoms in total. The Hall–Kier alpha value is -2.12. The standard InChI is InChI=1S/C16H10ClF3N2OS/c1-8-2-4-10(24-8)7-12(17)14-21-13-6-9(16(18,19)20)3-5-11(13)15(23)22-14/h2-7H,1H3,(H,21,22,23). The van der Waals surface area contributed by atoms with Crippen molar-refractivity contribution in [2.24, 2.45) is 0 Å². The Bertz CT molecular complexity index is 1000. The van der Waals surface area contributed by atoms with Gasteiger partial charge in [-0.15, -0.1) is 11.3 Å². The molecule has 1 aromatic carbocycles. The predicted molar refractivity (Wildman–Crippen MR) is 90.1 cm³/mol. The molecule has 24 heavy (non-hydrogen) atoms. The number of thiophene rings is 1. The number of nitrogens with one attached hydrogen (secondary N) is 1. The maximum Gasteiger partial charge on any atom is 0.416 e. The monoisotopic (exact) mass is 370 g/mol. The van der Waals surface area contributed by atoms with E-state index in [-0.39, 0.29) is 21.8 Å². The van der Waals surface area contributed by atoms with Crippen LogP contribution in [0, 0.1) is 6.92 Å². The van der Waals surface area contributed by atoms with Crippen molar-refractivity contribution < 1.29 is 13.2 Å². The molecule has 2 heterocycles. The summed E-state index contributed by atoms with van der Waals surface area (Å²) in [6, 6.07) is 6.56. The van der Waals surface area contributed by atoms with Gasteiger partial charge < -0.3 is 4.98 Å². The minimum Gasteiger partial charge on any atom is -0.305 e. The number of benzene rings is 1. The van der Waals surface area contributed by atoms with E-state index in [9.17, 15) is 18.0 Å². The normalized spacial score (nSPS) is 12.8. The van der Waals surface area contributed by atoms with E-state index < -0.39 is 17.3 Å². The second kappa shape index (κ2) is 6.07. The Balaban J connectivity index is 2.12. The van der Waals surface area contributed by atoms with Crippen LogP contribution in [-0.2, 0) is 6.18 Å². The Morgan fingerprint density at radius 3 is 2.67 bits per heavy atom. The quantitative estimate of drug-likeness (QED) is 0.686. The summed E-state index contributed by atoms with van der Waals surface area (Å²) >= 11 is 7.66. The average Bonchev–Trinajstić information content (AvgIpc) is 2.90. The van der Waals surface area contributed by atoms with Crippen LogP contribution in [0.3, 0.4) is 0 Å². The van der Waals surface area contributed by atoms with Crippen molar-refractivity contribution in [3.05, 3.63) is 61.8 Å². The molecule has 0 amide bonds. The summed E-state index contributed by atoms with van der Waals surface area (Å²) in [7, 11) is 0. The van der Waals surface area contributed by atoms with E-state index in [1.54, 1.807) is 6.08 Å². The zero-order valence-corrected chi connectivity index (χ0v) is 13.8. The average molecular weight is 371 g/mol. The molecule has 0 aliphatic heterocycles. The molecule has 2 aromatic heterocycles. The molecule has 0 aliphatic carbocycles. The summed E-state index contributed by atoms with van der Waals surface area (Å²) in [5.74, 6) is 0.0274. The molecule has 3 aromatic rings. The first-order valence-electron chi connectivity index (χ1n) is 6.79. The highest BCUT2D eigenvalue weighted by Crippen LogP contribution is 2.31. The van der Waals surface area contributed by atoms with Gasteiger partial charge in [-0.05, 0) is 43.3 Å². The lowest BCUT2D eigenvalue weighted by atomic mass is 10.1. The van der Waals surface area contributed by atoms with Crippen LogP contribution in [-0.4, -0.2) is 9.97 Å². The fourth-order valence-corrected chi connectivity index (χ4v) is 3.25. The smallest absolute Gasteiger partial charge is 0.305 e. The molecule has 3 rings (SSSR count). The highest BCUT2D eigenvalue weighted by molar-refractivity contribution is 7.12. The molecule has 0 saturated carbocycles. The number of alkyl halides is 3. The molecule has 1 N–H and O–H groups in total. The van der Waals surface area contributed by atoms with E-state index in [1.165, 1.54) is 11.3 Å². The molecule has 0 radical (unpaired) electrons. The molecular formula is C16H10ClF3N2OS. The molecule has 0 spiro atoms. The fourth-order valence-electron chi connectivity index (χ4n) is 2.15. The van der Waals surface area contributed by atoms with Gasteiger partial charge in [0, 0.05) is 9.75 Å². The van der Waals surface area contributed by atoms with Gasteiger partial charge in [-0.3, -0.25) is 4.79 Å². The fraction of sp³-hybridized carbons (Fsp3) is 0.125. The number of fused-ring (bicyclic) bond motifs is 1. The lowest BCUT2D eigenvalue weighted by Gasteiger charge is -2.08. The lowest BCUT2D eigenvalue weighted by Crippen LogP contribution is -2.12. The Labute approximate surface area is 143 Å². The van der Waals surface area contributed by atoms with Crippen molar-refractivity contribution in [3.63, 3.8) is 0 Å². The Kier molecular flexibility index (Phi) is 4.23. The van der Waals surface area contributed by atoms with Gasteiger partial charge >= 0.3 is 6.18 Å². The van der Waals surface area contributed by atoms with Crippen LogP contribution in [0.15, 0.2) is 35.1 Å². The molecule has 0 fully saturated rings. The van der Waals surface area contributed by atoms with Gasteiger partial charge in [0.2, 0.25) is 0 Å². The zero-order valence-electron chi connectivity index (χ0n) is 12.2. The van der Waals surface area contributed by atoms with E-state index in [0.29, 0.717) is 0 Å². The molecule has 0 atom stereocenters. The third-order valence-corrected chi connectivity index (χ3v) is 4.53. The van der Waals surface area contributed by atoms with Crippen molar-refractivity contribution >= 4 is 44.9 Å². The lowest BCUT2D eigenvalue weighted by molar-refractivity contribution is -0.137. The Morgan fingerprint density at radius 1 is 1.29 bits per heavy atom. The van der Waals surface area contributed by atoms with Gasteiger partial charge in [-0.2, -0.15) is 13.2 Å². The van der Waals surface area contributed by atoms with Crippen LogP contribution in [0.4, 0.5) is 13.2 Å². The number of hydrogen-bond acceptors (Lipinski definition) is 3. The van der Waals surface area contributed by atoms with Crippen molar-refractivity contribution in [1.82, 2.24) is 9.97 Å².